The molecule has 3 aromatic rings. The summed E-state index contributed by atoms with van der Waals surface area (Å²) in [4.78, 5) is 13.0. The van der Waals surface area contributed by atoms with Crippen molar-refractivity contribution in [3.63, 3.8) is 0 Å². The van der Waals surface area contributed by atoms with Crippen molar-refractivity contribution in [3.05, 3.63) is 101 Å². The van der Waals surface area contributed by atoms with Gasteiger partial charge in [-0.1, -0.05) is 79.7 Å². The van der Waals surface area contributed by atoms with Gasteiger partial charge in [0.1, 0.15) is 5.75 Å². The van der Waals surface area contributed by atoms with Gasteiger partial charge in [-0.25, -0.2) is 0 Å². The Morgan fingerprint density at radius 1 is 0.897 bits per heavy atom. The van der Waals surface area contributed by atoms with E-state index in [0.717, 1.165) is 34.4 Å². The van der Waals surface area contributed by atoms with Crippen LogP contribution in [-0.2, 0) is 4.79 Å². The van der Waals surface area contributed by atoms with Gasteiger partial charge < -0.3 is 10.1 Å². The summed E-state index contributed by atoms with van der Waals surface area (Å²) >= 11 is 0. The Kier molecular flexibility index (Phi) is 7.07. The molecule has 1 amide bonds. The van der Waals surface area contributed by atoms with Crippen molar-refractivity contribution in [2.24, 2.45) is 0 Å². The maximum Gasteiger partial charge on any atom is 0.221 e. The van der Waals surface area contributed by atoms with Gasteiger partial charge in [0.05, 0.1) is 13.2 Å². The first-order chi connectivity index (χ1) is 14.1. The molecule has 0 aliphatic rings. The molecule has 1 N–H and O–H groups in total. The van der Waals surface area contributed by atoms with Crippen LogP contribution in [0.1, 0.15) is 54.0 Å². The van der Waals surface area contributed by atoms with Crippen LogP contribution >= 0.6 is 0 Å². The number of hydrogen-bond donors (Lipinski definition) is 1. The SMILES string of the molecule is CC[C@@H](NC(=O)CC(c1ccccc1)c1ccccc1)c1ccc(OC)c(C)c1. The largest absolute Gasteiger partial charge is 0.496 e. The molecule has 150 valence electrons. The maximum absolute atomic E-state index is 13.0. The third kappa shape index (κ3) is 5.26. The van der Waals surface area contributed by atoms with E-state index in [9.17, 15) is 4.79 Å². The fraction of sp³-hybridized carbons (Fsp3) is 0.269. The zero-order valence-corrected chi connectivity index (χ0v) is 17.4. The van der Waals surface area contributed by atoms with E-state index in [1.165, 1.54) is 0 Å². The number of nitrogens with one attached hydrogen (secondary N) is 1. The highest BCUT2D eigenvalue weighted by Gasteiger charge is 2.20. The second kappa shape index (κ2) is 9.92. The first-order valence-electron chi connectivity index (χ1n) is 10.2. The molecule has 0 bridgehead atoms. The fourth-order valence-electron chi connectivity index (χ4n) is 3.78. The monoisotopic (exact) mass is 387 g/mol. The van der Waals surface area contributed by atoms with E-state index in [4.69, 9.17) is 4.74 Å². The number of carbonyl (C=O) groups excluding carboxylic acids is 1. The van der Waals surface area contributed by atoms with Crippen LogP contribution in [0.2, 0.25) is 0 Å². The minimum Gasteiger partial charge on any atom is -0.496 e. The third-order valence-electron chi connectivity index (χ3n) is 5.36. The number of carbonyl (C=O) groups is 1. The molecule has 1 atom stereocenters. The molecule has 0 aliphatic heterocycles. The molecule has 3 rings (SSSR count). The Bertz CT molecular complexity index is 882. The van der Waals surface area contributed by atoms with Gasteiger partial charge in [0, 0.05) is 12.3 Å². The van der Waals surface area contributed by atoms with Gasteiger partial charge in [-0.05, 0) is 41.7 Å². The van der Waals surface area contributed by atoms with Crippen LogP contribution in [0, 0.1) is 6.92 Å². The van der Waals surface area contributed by atoms with Crippen molar-refractivity contribution >= 4 is 5.91 Å². The quantitative estimate of drug-likeness (QED) is 0.531. The van der Waals surface area contributed by atoms with Crippen LogP contribution in [0.25, 0.3) is 0 Å². The lowest BCUT2D eigenvalue weighted by atomic mass is 9.88. The molecule has 29 heavy (non-hydrogen) atoms. The van der Waals surface area contributed by atoms with Crippen molar-refractivity contribution in [3.8, 4) is 5.75 Å². The van der Waals surface area contributed by atoms with E-state index in [1.54, 1.807) is 7.11 Å². The van der Waals surface area contributed by atoms with Gasteiger partial charge in [0.2, 0.25) is 5.91 Å². The van der Waals surface area contributed by atoms with Crippen LogP contribution < -0.4 is 10.1 Å². The second-order valence-electron chi connectivity index (χ2n) is 7.34. The molecule has 3 aromatic carbocycles. The van der Waals surface area contributed by atoms with Crippen LogP contribution in [0.15, 0.2) is 78.9 Å². The molecule has 0 heterocycles. The highest BCUT2D eigenvalue weighted by molar-refractivity contribution is 5.78. The Balaban J connectivity index is 1.78. The predicted octanol–water partition coefficient (Wildman–Crippen LogP) is 5.79. The normalized spacial score (nSPS) is 11.9. The predicted molar refractivity (Wildman–Crippen MR) is 118 cm³/mol. The molecule has 0 saturated carbocycles. The van der Waals surface area contributed by atoms with E-state index < -0.39 is 0 Å². The van der Waals surface area contributed by atoms with Crippen LogP contribution in [0.5, 0.6) is 5.75 Å². The van der Waals surface area contributed by atoms with Crippen LogP contribution in [-0.4, -0.2) is 13.0 Å². The minimum absolute atomic E-state index is 0.0145. The Morgan fingerprint density at radius 2 is 1.48 bits per heavy atom. The summed E-state index contributed by atoms with van der Waals surface area (Å²) in [6.45, 7) is 4.12. The molecule has 0 aromatic heterocycles. The molecule has 0 fully saturated rings. The van der Waals surface area contributed by atoms with Gasteiger partial charge >= 0.3 is 0 Å². The van der Waals surface area contributed by atoms with E-state index in [2.05, 4.69) is 42.6 Å². The molecule has 0 unspecified atom stereocenters. The van der Waals surface area contributed by atoms with Crippen LogP contribution in [0.3, 0.4) is 0 Å². The van der Waals surface area contributed by atoms with Gasteiger partial charge in [0.25, 0.3) is 0 Å². The molecule has 0 radical (unpaired) electrons. The average molecular weight is 388 g/mol. The summed E-state index contributed by atoms with van der Waals surface area (Å²) in [6.07, 6.45) is 1.25. The number of methoxy groups -OCH3 is 1. The fourth-order valence-corrected chi connectivity index (χ4v) is 3.78. The number of amides is 1. The maximum atomic E-state index is 13.0. The smallest absolute Gasteiger partial charge is 0.221 e. The Labute approximate surface area is 173 Å². The average Bonchev–Trinajstić information content (AvgIpc) is 2.77. The van der Waals surface area contributed by atoms with E-state index >= 15 is 0 Å². The lowest BCUT2D eigenvalue weighted by molar-refractivity contribution is -0.122. The van der Waals surface area contributed by atoms with Gasteiger partial charge in [-0.2, -0.15) is 0 Å². The Hall–Kier alpha value is -3.07. The van der Waals surface area contributed by atoms with Crippen molar-refractivity contribution in [2.75, 3.05) is 7.11 Å². The summed E-state index contributed by atoms with van der Waals surface area (Å²) < 4.78 is 5.36. The van der Waals surface area contributed by atoms with Crippen molar-refractivity contribution < 1.29 is 9.53 Å². The number of benzene rings is 3. The highest BCUT2D eigenvalue weighted by Crippen LogP contribution is 2.29. The molecule has 0 saturated heterocycles. The zero-order valence-electron chi connectivity index (χ0n) is 17.4. The van der Waals surface area contributed by atoms with Gasteiger partial charge in [-0.3, -0.25) is 4.79 Å². The Morgan fingerprint density at radius 3 is 1.97 bits per heavy atom. The third-order valence-corrected chi connectivity index (χ3v) is 5.36. The standard InChI is InChI=1S/C26H29NO2/c1-4-24(22-15-16-25(29-3)19(2)17-22)27-26(28)18-23(20-11-7-5-8-12-20)21-13-9-6-10-14-21/h5-17,23-24H,4,18H2,1-3H3,(H,27,28)/t24-/m1/s1. The minimum atomic E-state index is -0.0145. The van der Waals surface area contributed by atoms with E-state index in [0.29, 0.717) is 6.42 Å². The first-order valence-corrected chi connectivity index (χ1v) is 10.2. The summed E-state index contributed by atoms with van der Waals surface area (Å²) in [5, 5.41) is 3.24. The molecular weight excluding hydrogens is 358 g/mol. The topological polar surface area (TPSA) is 38.3 Å². The number of aryl methyl sites for hydroxylation is 1. The molecular formula is C26H29NO2. The van der Waals surface area contributed by atoms with Crippen molar-refractivity contribution in [2.45, 2.75) is 38.6 Å². The summed E-state index contributed by atoms with van der Waals surface area (Å²) in [5.74, 6) is 0.957. The molecule has 0 aliphatic carbocycles. The van der Waals surface area contributed by atoms with Gasteiger partial charge in [-0.15, -0.1) is 0 Å². The number of rotatable bonds is 8. The first kappa shape index (κ1) is 20.7. The van der Waals surface area contributed by atoms with Crippen molar-refractivity contribution in [1.82, 2.24) is 5.32 Å². The zero-order chi connectivity index (χ0) is 20.6. The summed E-state index contributed by atoms with van der Waals surface area (Å²) in [5.41, 5.74) is 4.49. The molecule has 3 nitrogen and oxygen atoms in total. The van der Waals surface area contributed by atoms with Gasteiger partial charge in [0.15, 0.2) is 0 Å². The van der Waals surface area contributed by atoms with E-state index in [-0.39, 0.29) is 17.9 Å². The highest BCUT2D eigenvalue weighted by atomic mass is 16.5. The van der Waals surface area contributed by atoms with E-state index in [1.807, 2.05) is 55.5 Å². The second-order valence-corrected chi connectivity index (χ2v) is 7.34. The van der Waals surface area contributed by atoms with Crippen LogP contribution in [0.4, 0.5) is 0 Å². The van der Waals surface area contributed by atoms with Crippen molar-refractivity contribution in [1.29, 1.82) is 0 Å². The summed E-state index contributed by atoms with van der Waals surface area (Å²) in [6, 6.07) is 26.6. The lowest BCUT2D eigenvalue weighted by Crippen LogP contribution is -2.29. The molecule has 0 spiro atoms. The number of ether oxygens (including phenoxy) is 1. The molecule has 3 heteroatoms. The number of hydrogen-bond acceptors (Lipinski definition) is 2. The lowest BCUT2D eigenvalue weighted by Gasteiger charge is -2.22. The summed E-state index contributed by atoms with van der Waals surface area (Å²) in [7, 11) is 1.67.